The van der Waals surface area contributed by atoms with Crippen LogP contribution < -0.4 is 0 Å². The molecular formula is C9H9N. The number of aromatic nitrogens is 1. The lowest BCUT2D eigenvalue weighted by atomic mass is 10.2. The van der Waals surface area contributed by atoms with Gasteiger partial charge < -0.3 is 4.98 Å². The first kappa shape index (κ1) is 3.24. The molecule has 0 saturated carbocycles. The van der Waals surface area contributed by atoms with E-state index in [9.17, 15) is 0 Å². The number of aromatic amines is 1. The van der Waals surface area contributed by atoms with Gasteiger partial charge in [0.15, 0.2) is 1.41 Å². The molecule has 1 heteroatoms. The fraction of sp³-hybridized carbons (Fsp3) is 0.111. The zero-order valence-corrected chi connectivity index (χ0v) is 5.46. The monoisotopic (exact) mass is 134 g/mol. The summed E-state index contributed by atoms with van der Waals surface area (Å²) in [5, 5.41) is 0.845. The van der Waals surface area contributed by atoms with Gasteiger partial charge in [-0.25, -0.2) is 0 Å². The van der Waals surface area contributed by atoms with Crippen molar-refractivity contribution in [3.8, 4) is 0 Å². The predicted octanol–water partition coefficient (Wildman–Crippen LogP) is 2.48. The van der Waals surface area contributed by atoms with E-state index in [0.717, 1.165) is 10.4 Å². The molecule has 0 unspecified atom stereocenters. The van der Waals surface area contributed by atoms with Crippen LogP contribution in [0.2, 0.25) is 1.41 Å². The third kappa shape index (κ3) is 0.637. The molecule has 0 aliphatic carbocycles. The summed E-state index contributed by atoms with van der Waals surface area (Å²) in [4.78, 5) is 1.07. The van der Waals surface area contributed by atoms with E-state index in [4.69, 9.17) is 4.15 Å². The summed E-state index contributed by atoms with van der Waals surface area (Å²) >= 11 is 0. The Bertz CT molecular complexity index is 447. The molecule has 0 bridgehead atoms. The van der Waals surface area contributed by atoms with Gasteiger partial charge >= 0.3 is 0 Å². The third-order valence-electron chi connectivity index (χ3n) is 1.54. The van der Waals surface area contributed by atoms with Gasteiger partial charge in [0.05, 0.1) is 1.37 Å². The molecule has 0 saturated heterocycles. The molecule has 0 spiro atoms. The largest absolute Gasteiger partial charge is 0.361 e. The van der Waals surface area contributed by atoms with Gasteiger partial charge in [-0.3, -0.25) is 0 Å². The van der Waals surface area contributed by atoms with Crippen LogP contribution in [0.1, 0.15) is 8.30 Å². The van der Waals surface area contributed by atoms with E-state index in [1.807, 2.05) is 18.2 Å². The minimum absolute atomic E-state index is 0.0607. The molecule has 0 aliphatic heterocycles. The van der Waals surface area contributed by atoms with Crippen molar-refractivity contribution < 1.29 is 4.15 Å². The van der Waals surface area contributed by atoms with Gasteiger partial charge in [0.1, 0.15) is 0 Å². The van der Waals surface area contributed by atoms with Crippen molar-refractivity contribution >= 4 is 10.9 Å². The summed E-state index contributed by atoms with van der Waals surface area (Å²) in [6, 6.07) is 7.34. The Morgan fingerprint density at radius 2 is 2.50 bits per heavy atom. The standard InChI is InChI=1S/C9H9N/c1-7-6-10-9-5-3-2-4-8(7)9/h2-6,10H,1H3/i1D,6D/hD. The number of H-pyrrole nitrogens is 1. The molecule has 2 aromatic rings. The molecule has 10 heavy (non-hydrogen) atoms. The van der Waals surface area contributed by atoms with Gasteiger partial charge in [-0.2, -0.15) is 0 Å². The van der Waals surface area contributed by atoms with Crippen LogP contribution in [0.3, 0.4) is 0 Å². The first-order valence-electron chi connectivity index (χ1n) is 4.78. The number of aryl methyl sites for hydroxylation is 1. The van der Waals surface area contributed by atoms with E-state index in [2.05, 4.69) is 0 Å². The van der Waals surface area contributed by atoms with E-state index in [1.165, 1.54) is 0 Å². The molecular weight excluding hydrogens is 122 g/mol. The smallest absolute Gasteiger partial charge is 0.166 e. The van der Waals surface area contributed by atoms with Crippen molar-refractivity contribution in [2.75, 3.05) is 0 Å². The predicted molar refractivity (Wildman–Crippen MR) is 43.0 cm³/mol. The minimum Gasteiger partial charge on any atom is -0.361 e. The summed E-state index contributed by atoms with van der Waals surface area (Å²) in [6.45, 7) is 0.0607. The number of rotatable bonds is 0. The average Bonchev–Trinajstić information content (AvgIpc) is 2.41. The van der Waals surface area contributed by atoms with E-state index in [0.29, 0.717) is 11.1 Å². The zero-order valence-electron chi connectivity index (χ0n) is 8.46. The number of benzene rings is 1. The first-order chi connectivity index (χ1) is 6.25. The molecule has 1 aromatic heterocycles. The summed E-state index contributed by atoms with van der Waals surface area (Å²) < 4.78 is 22.4. The Labute approximate surface area is 64.0 Å². The summed E-state index contributed by atoms with van der Waals surface area (Å²) in [5.41, 5.74) is 1.33. The molecule has 1 aromatic carbocycles. The number of hydrogen-bond donors (Lipinski definition) is 1. The van der Waals surface area contributed by atoms with Gasteiger partial charge in [0, 0.05) is 18.4 Å². The van der Waals surface area contributed by atoms with Crippen molar-refractivity contribution in [1.82, 2.24) is 4.98 Å². The number of fused-ring (bicyclic) bond motifs is 1. The maximum Gasteiger partial charge on any atom is 0.166 e. The van der Waals surface area contributed by atoms with Crippen molar-refractivity contribution in [3.63, 3.8) is 0 Å². The summed E-state index contributed by atoms with van der Waals surface area (Å²) in [7, 11) is 0. The molecule has 1 N–H and O–H groups in total. The quantitative estimate of drug-likeness (QED) is 0.569. The molecule has 0 atom stereocenters. The van der Waals surface area contributed by atoms with Crippen LogP contribution in [-0.4, -0.2) is 4.98 Å². The zero-order chi connectivity index (χ0) is 9.42. The fourth-order valence-corrected chi connectivity index (χ4v) is 1.01. The highest BCUT2D eigenvalue weighted by Gasteiger charge is 1.94. The number of para-hydroxylation sites is 1. The van der Waals surface area contributed by atoms with E-state index >= 15 is 0 Å². The van der Waals surface area contributed by atoms with Crippen LogP contribution in [-0.2, 0) is 0 Å². The van der Waals surface area contributed by atoms with Gasteiger partial charge in [-0.15, -0.1) is 0 Å². The number of hydrogen-bond acceptors (Lipinski definition) is 0. The van der Waals surface area contributed by atoms with E-state index in [1.54, 1.807) is 6.07 Å². The molecule has 0 aliphatic rings. The molecule has 1 nitrogen and oxygen atoms in total. The van der Waals surface area contributed by atoms with E-state index in [-0.39, 0.29) is 13.1 Å². The SMILES string of the molecule is [2H]Cc1c([2H])n([2H])c2ccccc12. The Hall–Kier alpha value is -1.24. The second-order valence-electron chi connectivity index (χ2n) is 2.22. The Kier molecular flexibility index (Phi) is 0.607. The summed E-state index contributed by atoms with van der Waals surface area (Å²) in [6.07, 6.45) is 0.121. The lowest BCUT2D eigenvalue weighted by Gasteiger charge is -1.86. The van der Waals surface area contributed by atoms with Crippen molar-refractivity contribution in [2.45, 2.75) is 6.90 Å². The molecule has 50 valence electrons. The Balaban J connectivity index is 2.90. The highest BCUT2D eigenvalue weighted by Crippen LogP contribution is 2.15. The highest BCUT2D eigenvalue weighted by atomic mass is 14.7. The Morgan fingerprint density at radius 1 is 1.60 bits per heavy atom. The normalized spacial score (nSPS) is 14.6. The lowest BCUT2D eigenvalue weighted by molar-refractivity contribution is 1.43. The van der Waals surface area contributed by atoms with Crippen molar-refractivity contribution in [2.24, 2.45) is 0 Å². The second kappa shape index (κ2) is 1.87. The fourth-order valence-electron chi connectivity index (χ4n) is 1.01. The van der Waals surface area contributed by atoms with Gasteiger partial charge in [0.25, 0.3) is 0 Å². The van der Waals surface area contributed by atoms with Crippen molar-refractivity contribution in [1.29, 1.82) is 0 Å². The topological polar surface area (TPSA) is 15.8 Å². The maximum atomic E-state index is 7.58. The van der Waals surface area contributed by atoms with Gasteiger partial charge in [-0.05, 0) is 18.5 Å². The maximum absolute atomic E-state index is 7.58. The van der Waals surface area contributed by atoms with Crippen LogP contribution in [0.15, 0.2) is 30.4 Å². The summed E-state index contributed by atoms with van der Waals surface area (Å²) in [5.74, 6) is 0. The molecule has 1 heterocycles. The first-order valence-corrected chi connectivity index (χ1v) is 3.13. The highest BCUT2D eigenvalue weighted by molar-refractivity contribution is 5.82. The Morgan fingerprint density at radius 3 is 3.40 bits per heavy atom. The van der Waals surface area contributed by atoms with Gasteiger partial charge in [-0.1, -0.05) is 18.2 Å². The molecule has 0 fully saturated rings. The molecule has 0 radical (unpaired) electrons. The van der Waals surface area contributed by atoms with Crippen LogP contribution >= 0.6 is 0 Å². The van der Waals surface area contributed by atoms with E-state index < -0.39 is 0 Å². The molecule has 0 amide bonds. The van der Waals surface area contributed by atoms with Crippen LogP contribution in [0.4, 0.5) is 0 Å². The minimum atomic E-state index is 0.0607. The van der Waals surface area contributed by atoms with Crippen LogP contribution in [0.25, 0.3) is 10.9 Å². The van der Waals surface area contributed by atoms with Crippen LogP contribution in [0.5, 0.6) is 0 Å². The second-order valence-corrected chi connectivity index (χ2v) is 2.22. The van der Waals surface area contributed by atoms with Gasteiger partial charge in [0.2, 0.25) is 0 Å². The average molecular weight is 134 g/mol. The third-order valence-corrected chi connectivity index (χ3v) is 1.54. The number of nitrogens with one attached hydrogen (secondary N) is 1. The van der Waals surface area contributed by atoms with Crippen molar-refractivity contribution in [3.05, 3.63) is 36.0 Å². The lowest BCUT2D eigenvalue weighted by Crippen LogP contribution is -1.64. The van der Waals surface area contributed by atoms with Crippen LogP contribution in [0, 0.1) is 6.90 Å². The molecule has 2 rings (SSSR count).